The second-order valence-electron chi connectivity index (χ2n) is 5.48. The molecule has 0 spiro atoms. The van der Waals surface area contributed by atoms with Crippen LogP contribution in [0.4, 0.5) is 0 Å². The SMILES string of the molecule is CC(C)C(C(=O)[O-])C(=O)[O-].CCCCCCCCCC.[Ba+2]. The van der Waals surface area contributed by atoms with E-state index in [1.54, 1.807) is 0 Å². The molecular formula is C16H30BaO4. The van der Waals surface area contributed by atoms with Crippen LogP contribution in [-0.2, 0) is 9.59 Å². The average molecular weight is 424 g/mol. The monoisotopic (exact) mass is 424 g/mol. The molecule has 0 aliphatic carbocycles. The van der Waals surface area contributed by atoms with E-state index in [0.29, 0.717) is 0 Å². The Kier molecular flexibility index (Phi) is 23.3. The van der Waals surface area contributed by atoms with Gasteiger partial charge in [-0.2, -0.15) is 0 Å². The summed E-state index contributed by atoms with van der Waals surface area (Å²) in [5, 5.41) is 20.1. The normalized spacial score (nSPS) is 9.81. The van der Waals surface area contributed by atoms with Gasteiger partial charge in [-0.05, 0) is 5.92 Å². The molecule has 0 radical (unpaired) electrons. The third-order valence-electron chi connectivity index (χ3n) is 3.13. The smallest absolute Gasteiger partial charge is 0.549 e. The Morgan fingerprint density at radius 3 is 1.19 bits per heavy atom. The van der Waals surface area contributed by atoms with Crippen LogP contribution in [0.15, 0.2) is 0 Å². The zero-order valence-corrected chi connectivity index (χ0v) is 18.6. The molecule has 0 aromatic heterocycles. The molecule has 0 heterocycles. The third kappa shape index (κ3) is 18.5. The molecular weight excluding hydrogens is 394 g/mol. The molecule has 0 amide bonds. The van der Waals surface area contributed by atoms with Crippen LogP contribution in [0.2, 0.25) is 0 Å². The first-order chi connectivity index (χ1) is 9.38. The van der Waals surface area contributed by atoms with Crippen molar-refractivity contribution in [1.82, 2.24) is 0 Å². The van der Waals surface area contributed by atoms with E-state index >= 15 is 0 Å². The number of hydrogen-bond acceptors (Lipinski definition) is 4. The fourth-order valence-electron chi connectivity index (χ4n) is 1.85. The van der Waals surface area contributed by atoms with Crippen LogP contribution in [0.1, 0.15) is 79.1 Å². The van der Waals surface area contributed by atoms with Crippen LogP contribution in [-0.4, -0.2) is 60.8 Å². The minimum atomic E-state index is -1.59. The topological polar surface area (TPSA) is 80.3 Å². The maximum Gasteiger partial charge on any atom is 2.00 e. The number of carboxylic acid groups (broad SMARTS) is 2. The zero-order valence-electron chi connectivity index (χ0n) is 14.2. The fourth-order valence-corrected chi connectivity index (χ4v) is 1.85. The predicted molar refractivity (Wildman–Crippen MR) is 82.4 cm³/mol. The van der Waals surface area contributed by atoms with E-state index in [1.807, 2.05) is 0 Å². The van der Waals surface area contributed by atoms with Crippen molar-refractivity contribution in [3.05, 3.63) is 0 Å². The number of unbranched alkanes of at least 4 members (excludes halogenated alkanes) is 7. The van der Waals surface area contributed by atoms with E-state index in [1.165, 1.54) is 65.2 Å². The van der Waals surface area contributed by atoms with Crippen LogP contribution < -0.4 is 10.2 Å². The van der Waals surface area contributed by atoms with Crippen molar-refractivity contribution in [3.8, 4) is 0 Å². The van der Waals surface area contributed by atoms with Crippen molar-refractivity contribution in [2.75, 3.05) is 0 Å². The standard InChI is InChI=1S/C10H22.C6H10O4.Ba/c1-3-5-7-9-10-8-6-4-2;1-3(2)4(5(7)8)6(9)10;/h3-10H2,1-2H3;3-4H,1-2H3,(H,7,8)(H,9,10);/q;;+2/p-2. The van der Waals surface area contributed by atoms with E-state index in [4.69, 9.17) is 0 Å². The van der Waals surface area contributed by atoms with E-state index in [2.05, 4.69) is 13.8 Å². The molecule has 0 aliphatic rings. The quantitative estimate of drug-likeness (QED) is 0.303. The third-order valence-corrected chi connectivity index (χ3v) is 3.13. The first-order valence-electron chi connectivity index (χ1n) is 7.80. The molecule has 0 saturated heterocycles. The molecule has 0 unspecified atom stereocenters. The summed E-state index contributed by atoms with van der Waals surface area (Å²) < 4.78 is 0. The van der Waals surface area contributed by atoms with Crippen molar-refractivity contribution < 1.29 is 19.8 Å². The number of carbonyl (C=O) groups is 2. The van der Waals surface area contributed by atoms with Gasteiger partial charge in [-0.1, -0.05) is 79.1 Å². The van der Waals surface area contributed by atoms with Gasteiger partial charge in [0, 0.05) is 5.92 Å². The molecule has 4 nitrogen and oxygen atoms in total. The van der Waals surface area contributed by atoms with Crippen molar-refractivity contribution >= 4 is 60.8 Å². The van der Waals surface area contributed by atoms with E-state index in [-0.39, 0.29) is 48.9 Å². The Morgan fingerprint density at radius 2 is 1.05 bits per heavy atom. The van der Waals surface area contributed by atoms with E-state index in [0.717, 1.165) is 0 Å². The van der Waals surface area contributed by atoms with E-state index < -0.39 is 23.8 Å². The molecule has 0 bridgehead atoms. The molecule has 0 saturated carbocycles. The summed E-state index contributed by atoms with van der Waals surface area (Å²) in [7, 11) is 0. The second-order valence-corrected chi connectivity index (χ2v) is 5.48. The summed E-state index contributed by atoms with van der Waals surface area (Å²) in [5.74, 6) is -5.17. The van der Waals surface area contributed by atoms with E-state index in [9.17, 15) is 19.8 Å². The van der Waals surface area contributed by atoms with Gasteiger partial charge >= 0.3 is 48.9 Å². The maximum atomic E-state index is 10.1. The number of carboxylic acids is 2. The van der Waals surface area contributed by atoms with Crippen LogP contribution in [0.5, 0.6) is 0 Å². The van der Waals surface area contributed by atoms with Gasteiger partial charge in [0.1, 0.15) is 0 Å². The summed E-state index contributed by atoms with van der Waals surface area (Å²) in [4.78, 5) is 20.1. The molecule has 21 heavy (non-hydrogen) atoms. The van der Waals surface area contributed by atoms with Gasteiger partial charge < -0.3 is 19.8 Å². The summed E-state index contributed by atoms with van der Waals surface area (Å²) in [6.45, 7) is 7.50. The van der Waals surface area contributed by atoms with Crippen molar-refractivity contribution in [2.45, 2.75) is 79.1 Å². The molecule has 0 N–H and O–H groups in total. The van der Waals surface area contributed by atoms with Gasteiger partial charge in [0.2, 0.25) is 0 Å². The van der Waals surface area contributed by atoms with Crippen molar-refractivity contribution in [1.29, 1.82) is 0 Å². The fraction of sp³-hybridized carbons (Fsp3) is 0.875. The van der Waals surface area contributed by atoms with Gasteiger partial charge in [-0.3, -0.25) is 0 Å². The summed E-state index contributed by atoms with van der Waals surface area (Å²) in [5.41, 5.74) is 0. The van der Waals surface area contributed by atoms with Gasteiger partial charge in [0.15, 0.2) is 0 Å². The van der Waals surface area contributed by atoms with Gasteiger partial charge in [0.05, 0.1) is 11.9 Å². The number of carbonyl (C=O) groups excluding carboxylic acids is 2. The summed E-state index contributed by atoms with van der Waals surface area (Å²) in [6, 6.07) is 0. The average Bonchev–Trinajstić information content (AvgIpc) is 2.33. The Morgan fingerprint density at radius 1 is 0.762 bits per heavy atom. The summed E-state index contributed by atoms with van der Waals surface area (Å²) in [6.07, 6.45) is 11.5. The van der Waals surface area contributed by atoms with Crippen LogP contribution >= 0.6 is 0 Å². The minimum Gasteiger partial charge on any atom is -0.549 e. The molecule has 0 rings (SSSR count). The van der Waals surface area contributed by atoms with Crippen LogP contribution in [0, 0.1) is 11.8 Å². The molecule has 0 fully saturated rings. The minimum absolute atomic E-state index is 0. The van der Waals surface area contributed by atoms with Crippen LogP contribution in [0.25, 0.3) is 0 Å². The Labute approximate surface area is 170 Å². The molecule has 0 aromatic carbocycles. The molecule has 0 aliphatic heterocycles. The molecule has 5 heteroatoms. The molecule has 120 valence electrons. The van der Waals surface area contributed by atoms with Gasteiger partial charge in [-0.25, -0.2) is 0 Å². The first kappa shape index (κ1) is 26.4. The Hall–Kier alpha value is 0.511. The number of rotatable bonds is 10. The zero-order chi connectivity index (χ0) is 16.0. The van der Waals surface area contributed by atoms with Crippen molar-refractivity contribution in [2.24, 2.45) is 11.8 Å². The maximum absolute atomic E-state index is 10.1. The van der Waals surface area contributed by atoms with Crippen molar-refractivity contribution in [3.63, 3.8) is 0 Å². The second kappa shape index (κ2) is 18.6. The largest absolute Gasteiger partial charge is 2.00 e. The first-order valence-corrected chi connectivity index (χ1v) is 7.80. The number of hydrogen-bond donors (Lipinski definition) is 0. The summed E-state index contributed by atoms with van der Waals surface area (Å²) >= 11 is 0. The van der Waals surface area contributed by atoms with Gasteiger partial charge in [-0.15, -0.1) is 0 Å². The molecule has 0 atom stereocenters. The Bertz CT molecular complexity index is 233. The van der Waals surface area contributed by atoms with Crippen LogP contribution in [0.3, 0.4) is 0 Å². The molecule has 0 aromatic rings. The Balaban J connectivity index is -0.000000295. The number of aliphatic carboxylic acids is 2. The van der Waals surface area contributed by atoms with Gasteiger partial charge in [0.25, 0.3) is 0 Å². The predicted octanol–water partition coefficient (Wildman–Crippen LogP) is 1.52.